The molecular formula is C14H10Cl2N2O3. The van der Waals surface area contributed by atoms with Crippen LogP contribution in [0.3, 0.4) is 0 Å². The van der Waals surface area contributed by atoms with Gasteiger partial charge in [0.15, 0.2) is 0 Å². The number of carboxylic acid groups (broad SMARTS) is 1. The van der Waals surface area contributed by atoms with Crippen molar-refractivity contribution in [3.8, 4) is 0 Å². The summed E-state index contributed by atoms with van der Waals surface area (Å²) in [4.78, 5) is 26.4. The number of aromatic nitrogens is 1. The summed E-state index contributed by atoms with van der Waals surface area (Å²) in [5.41, 5.74) is 0.982. The van der Waals surface area contributed by atoms with Crippen LogP contribution in [-0.4, -0.2) is 22.0 Å². The second-order valence-corrected chi connectivity index (χ2v) is 5.07. The predicted octanol–water partition coefficient (Wildman–Crippen LogP) is 3.02. The van der Waals surface area contributed by atoms with Crippen molar-refractivity contribution in [2.45, 2.75) is 6.54 Å². The molecule has 1 aromatic heterocycles. The number of benzene rings is 1. The van der Waals surface area contributed by atoms with Gasteiger partial charge in [-0.15, -0.1) is 0 Å². The second kappa shape index (κ2) is 6.56. The predicted molar refractivity (Wildman–Crippen MR) is 78.8 cm³/mol. The van der Waals surface area contributed by atoms with Crippen molar-refractivity contribution in [1.29, 1.82) is 0 Å². The van der Waals surface area contributed by atoms with Gasteiger partial charge >= 0.3 is 5.97 Å². The van der Waals surface area contributed by atoms with Gasteiger partial charge in [0.1, 0.15) is 5.69 Å². The fraction of sp³-hybridized carbons (Fsp3) is 0.0714. The van der Waals surface area contributed by atoms with Gasteiger partial charge in [0, 0.05) is 28.4 Å². The van der Waals surface area contributed by atoms with Crippen LogP contribution in [0, 0.1) is 0 Å². The first-order valence-corrected chi connectivity index (χ1v) is 6.64. The molecule has 7 heteroatoms. The Labute approximate surface area is 130 Å². The first-order chi connectivity index (χ1) is 9.95. The van der Waals surface area contributed by atoms with E-state index in [2.05, 4.69) is 10.3 Å². The summed E-state index contributed by atoms with van der Waals surface area (Å²) in [6.45, 7) is 0.218. The quantitative estimate of drug-likeness (QED) is 0.906. The van der Waals surface area contributed by atoms with Crippen molar-refractivity contribution < 1.29 is 14.7 Å². The van der Waals surface area contributed by atoms with Gasteiger partial charge in [-0.1, -0.05) is 29.3 Å². The van der Waals surface area contributed by atoms with E-state index >= 15 is 0 Å². The van der Waals surface area contributed by atoms with Gasteiger partial charge in [-0.05, 0) is 29.8 Å². The van der Waals surface area contributed by atoms with Crippen molar-refractivity contribution in [3.63, 3.8) is 0 Å². The number of pyridine rings is 1. The molecule has 108 valence electrons. The maximum absolute atomic E-state index is 12.0. The largest absolute Gasteiger partial charge is 0.477 e. The van der Waals surface area contributed by atoms with E-state index in [0.717, 1.165) is 0 Å². The third kappa shape index (κ3) is 4.18. The number of amides is 1. The van der Waals surface area contributed by atoms with Crippen LogP contribution < -0.4 is 5.32 Å². The molecule has 0 fully saturated rings. The lowest BCUT2D eigenvalue weighted by Gasteiger charge is -2.06. The zero-order valence-corrected chi connectivity index (χ0v) is 12.1. The number of nitrogens with zero attached hydrogens (tertiary/aromatic N) is 1. The minimum absolute atomic E-state index is 0.0494. The maximum Gasteiger partial charge on any atom is 0.354 e. The Balaban J connectivity index is 2.02. The Morgan fingerprint density at radius 2 is 1.81 bits per heavy atom. The van der Waals surface area contributed by atoms with Crippen molar-refractivity contribution in [1.82, 2.24) is 10.3 Å². The molecule has 2 aromatic rings. The number of rotatable bonds is 4. The average molecular weight is 325 g/mol. The topological polar surface area (TPSA) is 79.3 Å². The number of hydrogen-bond donors (Lipinski definition) is 2. The molecule has 0 radical (unpaired) electrons. The molecule has 21 heavy (non-hydrogen) atoms. The molecule has 1 aromatic carbocycles. The molecule has 0 saturated carbocycles. The molecule has 0 spiro atoms. The summed E-state index contributed by atoms with van der Waals surface area (Å²) in [5, 5.41) is 12.2. The molecule has 1 heterocycles. The molecular weight excluding hydrogens is 315 g/mol. The molecule has 0 aliphatic heterocycles. The number of carbonyl (C=O) groups excluding carboxylic acids is 1. The summed E-state index contributed by atoms with van der Waals surface area (Å²) in [6.07, 6.45) is 1.40. The number of nitrogens with one attached hydrogen (secondary N) is 1. The van der Waals surface area contributed by atoms with Gasteiger partial charge in [0.25, 0.3) is 5.91 Å². The van der Waals surface area contributed by atoms with E-state index < -0.39 is 5.97 Å². The van der Waals surface area contributed by atoms with E-state index in [1.807, 2.05) is 0 Å². The monoisotopic (exact) mass is 324 g/mol. The lowest BCUT2D eigenvalue weighted by Crippen LogP contribution is -2.23. The second-order valence-electron chi connectivity index (χ2n) is 4.20. The van der Waals surface area contributed by atoms with Crippen molar-refractivity contribution in [2.75, 3.05) is 0 Å². The summed E-state index contributed by atoms with van der Waals surface area (Å²) in [5.74, 6) is -1.43. The molecule has 2 rings (SSSR count). The normalized spacial score (nSPS) is 10.2. The number of carbonyl (C=O) groups is 2. The maximum atomic E-state index is 12.0. The van der Waals surface area contributed by atoms with E-state index in [4.69, 9.17) is 28.3 Å². The standard InChI is InChI=1S/C14H10Cl2N2O3/c15-10-3-9(4-11(16)5-10)13(19)18-7-8-1-2-12(14(20)21)17-6-8/h1-6H,7H2,(H,18,19)(H,20,21). The molecule has 0 bridgehead atoms. The third-order valence-electron chi connectivity index (χ3n) is 2.62. The molecule has 0 unspecified atom stereocenters. The van der Waals surface area contributed by atoms with Gasteiger partial charge in [-0.2, -0.15) is 0 Å². The van der Waals surface area contributed by atoms with E-state index in [0.29, 0.717) is 21.2 Å². The van der Waals surface area contributed by atoms with Crippen LogP contribution >= 0.6 is 23.2 Å². The van der Waals surface area contributed by atoms with E-state index in [-0.39, 0.29) is 18.1 Å². The van der Waals surface area contributed by atoms with E-state index in [1.54, 1.807) is 6.07 Å². The van der Waals surface area contributed by atoms with Crippen LogP contribution in [0.4, 0.5) is 0 Å². The Bertz CT molecular complexity index is 667. The first kappa shape index (κ1) is 15.3. The van der Waals surface area contributed by atoms with Crippen molar-refractivity contribution in [3.05, 3.63) is 63.4 Å². The Morgan fingerprint density at radius 3 is 2.33 bits per heavy atom. The number of aromatic carboxylic acids is 1. The highest BCUT2D eigenvalue weighted by Gasteiger charge is 2.08. The van der Waals surface area contributed by atoms with Gasteiger partial charge in [0.2, 0.25) is 0 Å². The smallest absolute Gasteiger partial charge is 0.354 e. The fourth-order valence-electron chi connectivity index (χ4n) is 1.62. The Morgan fingerprint density at radius 1 is 1.14 bits per heavy atom. The van der Waals surface area contributed by atoms with Gasteiger partial charge in [-0.25, -0.2) is 9.78 Å². The molecule has 1 amide bonds. The van der Waals surface area contributed by atoms with Gasteiger partial charge in [-0.3, -0.25) is 4.79 Å². The van der Waals surface area contributed by atoms with Crippen LogP contribution in [0.15, 0.2) is 36.5 Å². The molecule has 0 saturated heterocycles. The van der Waals surface area contributed by atoms with E-state index in [1.165, 1.54) is 30.5 Å². The zero-order valence-electron chi connectivity index (χ0n) is 10.6. The lowest BCUT2D eigenvalue weighted by atomic mass is 10.2. The highest BCUT2D eigenvalue weighted by molar-refractivity contribution is 6.35. The van der Waals surface area contributed by atoms with Crippen LogP contribution in [0.5, 0.6) is 0 Å². The zero-order chi connectivity index (χ0) is 15.4. The summed E-state index contributed by atoms with van der Waals surface area (Å²) in [7, 11) is 0. The minimum atomic E-state index is -1.10. The third-order valence-corrected chi connectivity index (χ3v) is 3.06. The average Bonchev–Trinajstić information content (AvgIpc) is 2.44. The van der Waals surface area contributed by atoms with E-state index in [9.17, 15) is 9.59 Å². The number of hydrogen-bond acceptors (Lipinski definition) is 3. The fourth-order valence-corrected chi connectivity index (χ4v) is 2.15. The first-order valence-electron chi connectivity index (χ1n) is 5.88. The Hall–Kier alpha value is -2.11. The summed E-state index contributed by atoms with van der Waals surface area (Å²) < 4.78 is 0. The molecule has 5 nitrogen and oxygen atoms in total. The van der Waals surface area contributed by atoms with Crippen LogP contribution in [-0.2, 0) is 6.54 Å². The van der Waals surface area contributed by atoms with Crippen LogP contribution in [0.1, 0.15) is 26.4 Å². The molecule has 0 aliphatic rings. The van der Waals surface area contributed by atoms with Crippen LogP contribution in [0.2, 0.25) is 10.0 Å². The highest BCUT2D eigenvalue weighted by Crippen LogP contribution is 2.19. The number of carboxylic acids is 1. The summed E-state index contributed by atoms with van der Waals surface area (Å²) >= 11 is 11.7. The molecule has 0 atom stereocenters. The lowest BCUT2D eigenvalue weighted by molar-refractivity contribution is 0.0690. The van der Waals surface area contributed by atoms with Crippen molar-refractivity contribution in [2.24, 2.45) is 0 Å². The van der Waals surface area contributed by atoms with Crippen molar-refractivity contribution >= 4 is 35.1 Å². The molecule has 0 aliphatic carbocycles. The number of halogens is 2. The molecule has 2 N–H and O–H groups in total. The summed E-state index contributed by atoms with van der Waals surface area (Å²) in [6, 6.07) is 7.51. The van der Waals surface area contributed by atoms with Crippen LogP contribution in [0.25, 0.3) is 0 Å². The highest BCUT2D eigenvalue weighted by atomic mass is 35.5. The SMILES string of the molecule is O=C(NCc1ccc(C(=O)O)nc1)c1cc(Cl)cc(Cl)c1. The Kier molecular flexibility index (Phi) is 4.77. The van der Waals surface area contributed by atoms with Gasteiger partial charge in [0.05, 0.1) is 0 Å². The van der Waals surface area contributed by atoms with Gasteiger partial charge < -0.3 is 10.4 Å². The minimum Gasteiger partial charge on any atom is -0.477 e.